The number of hydrogen-bond donors (Lipinski definition) is 21. The van der Waals surface area contributed by atoms with E-state index in [1.54, 1.807) is 0 Å². The maximum atomic E-state index is 13.9. The third-order valence-electron chi connectivity index (χ3n) is 14.1. The van der Waals surface area contributed by atoms with Gasteiger partial charge in [-0.1, -0.05) is 12.1 Å². The molecule has 3 rings (SSSR count). The highest BCUT2D eigenvalue weighted by atomic mass is 16.4. The van der Waals surface area contributed by atoms with Gasteiger partial charge in [0, 0.05) is 26.1 Å². The van der Waals surface area contributed by atoms with E-state index in [0.29, 0.717) is 12.0 Å². The smallest absolute Gasteiger partial charge is 0.326 e. The SMILES string of the molecule is C[C@H](NC(=O)CNC(=O)[C@H](Cc1ccc(O)cc1)NC(=O)[C@H](CO)NC(=O)[C@H](CC(=O)O)NC(=O)[C@H](CO)NC(=O)[C@@H]1CCCN1C(=O)[C@H](CCCN=C(N)N)NC(=O)CNC(=O)CN)C(=O)N1CCC[C@H]1C(=O)NCC(=O)NCC(=O)NCC(=O)N[C@@H](CC(N)=O)C(=O)O. The number of carbonyl (C=O) groups is 17. The molecule has 2 heterocycles. The van der Waals surface area contributed by atoms with E-state index in [0.717, 1.165) is 9.80 Å². The van der Waals surface area contributed by atoms with E-state index in [4.69, 9.17) is 28.0 Å². The van der Waals surface area contributed by atoms with Crippen molar-refractivity contribution in [3.63, 3.8) is 0 Å². The predicted octanol–water partition coefficient (Wildman–Crippen LogP) is -12.7. The number of benzene rings is 1. The number of aliphatic imine (C=N–C) groups is 1. The van der Waals surface area contributed by atoms with Gasteiger partial charge in [-0.3, -0.25) is 81.7 Å². The Morgan fingerprint density at radius 3 is 1.54 bits per heavy atom. The summed E-state index contributed by atoms with van der Waals surface area (Å²) in [4.78, 5) is 224. The molecule has 2 aliphatic rings. The Morgan fingerprint density at radius 1 is 0.526 bits per heavy atom. The first-order valence-electron chi connectivity index (χ1n) is 29.4. The minimum Gasteiger partial charge on any atom is -0.508 e. The topological polar surface area (TPSA) is 659 Å². The molecule has 15 amide bonds. The summed E-state index contributed by atoms with van der Waals surface area (Å²) in [6.07, 6.45) is -1.42. The molecule has 1 aromatic carbocycles. The van der Waals surface area contributed by atoms with Gasteiger partial charge < -0.3 is 122 Å². The predicted molar refractivity (Wildman–Crippen MR) is 322 cm³/mol. The summed E-state index contributed by atoms with van der Waals surface area (Å²) < 4.78 is 0. The Hall–Kier alpha value is -10.8. The molecule has 2 saturated heterocycles. The van der Waals surface area contributed by atoms with Crippen molar-refractivity contribution >= 4 is 107 Å². The number of carbonyl (C=O) groups excluding carboxylic acids is 15. The van der Waals surface area contributed by atoms with E-state index in [9.17, 15) is 102 Å². The Labute approximate surface area is 540 Å². The molecule has 41 nitrogen and oxygen atoms in total. The van der Waals surface area contributed by atoms with Crippen LogP contribution in [0.2, 0.25) is 0 Å². The van der Waals surface area contributed by atoms with Crippen molar-refractivity contribution in [1.29, 1.82) is 0 Å². The van der Waals surface area contributed by atoms with Crippen LogP contribution in [0.1, 0.15) is 63.9 Å². The summed E-state index contributed by atoms with van der Waals surface area (Å²) in [5, 5.41) is 76.0. The average Bonchev–Trinajstić information content (AvgIpc) is 1.77. The molecule has 0 aliphatic carbocycles. The fourth-order valence-electron chi connectivity index (χ4n) is 9.31. The third kappa shape index (κ3) is 27.5. The molecule has 1 aromatic rings. The Kier molecular flexibility index (Phi) is 32.6. The van der Waals surface area contributed by atoms with Crippen LogP contribution in [-0.4, -0.2) is 268 Å². The maximum absolute atomic E-state index is 13.9. The summed E-state index contributed by atoms with van der Waals surface area (Å²) in [5.41, 5.74) is 21.3. The number of nitrogens with one attached hydrogen (secondary N) is 12. The molecule has 0 bridgehead atoms. The number of guanidine groups is 1. The molecule has 0 radical (unpaired) electrons. The summed E-state index contributed by atoms with van der Waals surface area (Å²) in [6.45, 7) is -4.92. The summed E-state index contributed by atoms with van der Waals surface area (Å²) in [6, 6.07) is -9.09. The van der Waals surface area contributed by atoms with Crippen LogP contribution in [0.15, 0.2) is 29.3 Å². The fraction of sp³-hybridized carbons (Fsp3) is 0.556. The number of amides is 15. The lowest BCUT2D eigenvalue weighted by Gasteiger charge is -2.30. The number of nitrogens with zero attached hydrogens (tertiary/aromatic N) is 3. The van der Waals surface area contributed by atoms with Crippen LogP contribution >= 0.6 is 0 Å². The molecule has 0 aromatic heterocycles. The van der Waals surface area contributed by atoms with E-state index < -0.39 is 220 Å². The first kappa shape index (κ1) is 78.4. The van der Waals surface area contributed by atoms with Crippen LogP contribution in [0, 0.1) is 0 Å². The number of nitrogens with two attached hydrogens (primary N) is 4. The van der Waals surface area contributed by atoms with Gasteiger partial charge in [0.2, 0.25) is 88.6 Å². The molecule has 9 atom stereocenters. The van der Waals surface area contributed by atoms with Crippen molar-refractivity contribution in [2.75, 3.05) is 72.1 Å². The molecule has 2 aliphatic heterocycles. The molecule has 2 fully saturated rings. The van der Waals surface area contributed by atoms with Gasteiger partial charge in [-0.2, -0.15) is 0 Å². The minimum absolute atomic E-state index is 0.0155. The Balaban J connectivity index is 1.63. The second-order valence-electron chi connectivity index (χ2n) is 21.4. The van der Waals surface area contributed by atoms with Gasteiger partial charge in [-0.05, 0) is 63.1 Å². The number of phenolic OH excluding ortho intramolecular Hbond substituents is 1. The van der Waals surface area contributed by atoms with Crippen LogP contribution in [0.5, 0.6) is 5.75 Å². The highest BCUT2D eigenvalue weighted by Crippen LogP contribution is 2.21. The van der Waals surface area contributed by atoms with Crippen molar-refractivity contribution < 1.29 is 107 Å². The normalized spacial score (nSPS) is 16.1. The monoisotopic (exact) mass is 1350 g/mol. The number of carboxylic acid groups (broad SMARTS) is 2. The summed E-state index contributed by atoms with van der Waals surface area (Å²) in [7, 11) is 0. The van der Waals surface area contributed by atoms with Crippen molar-refractivity contribution in [2.45, 2.75) is 119 Å². The summed E-state index contributed by atoms with van der Waals surface area (Å²) >= 11 is 0. The van der Waals surface area contributed by atoms with E-state index in [1.807, 2.05) is 5.32 Å². The average molecular weight is 1350 g/mol. The van der Waals surface area contributed by atoms with Crippen LogP contribution in [0.3, 0.4) is 0 Å². The van der Waals surface area contributed by atoms with Crippen LogP contribution < -0.4 is 86.7 Å². The number of aliphatic carboxylic acids is 2. The number of aliphatic hydroxyl groups excluding tert-OH is 2. The van der Waals surface area contributed by atoms with E-state index in [-0.39, 0.29) is 69.9 Å². The van der Waals surface area contributed by atoms with Crippen molar-refractivity contribution in [3.05, 3.63) is 29.8 Å². The van der Waals surface area contributed by atoms with Crippen molar-refractivity contribution in [3.8, 4) is 5.75 Å². The molecule has 524 valence electrons. The largest absolute Gasteiger partial charge is 0.508 e. The fourth-order valence-corrected chi connectivity index (χ4v) is 9.31. The second kappa shape index (κ2) is 39.5. The molecular formula is C54H81N19O22. The zero-order chi connectivity index (χ0) is 71.1. The Morgan fingerprint density at radius 2 is 1.00 bits per heavy atom. The zero-order valence-corrected chi connectivity index (χ0v) is 51.5. The number of rotatable bonds is 39. The number of hydrogen-bond acceptors (Lipinski definition) is 22. The number of aromatic hydroxyl groups is 1. The van der Waals surface area contributed by atoms with Gasteiger partial charge in [0.15, 0.2) is 5.96 Å². The minimum atomic E-state index is -2.08. The number of carboxylic acids is 2. The van der Waals surface area contributed by atoms with Gasteiger partial charge in [-0.25, -0.2) is 4.79 Å². The van der Waals surface area contributed by atoms with Crippen molar-refractivity contribution in [1.82, 2.24) is 73.6 Å². The number of likely N-dealkylation sites (tertiary alicyclic amines) is 2. The van der Waals surface area contributed by atoms with Crippen LogP contribution in [0.4, 0.5) is 0 Å². The lowest BCUT2D eigenvalue weighted by molar-refractivity contribution is -0.143. The standard InChI is InChI=1S/C54H81N19O22/c1-26(51(92)72-13-3-6-35(72)49(90)64-20-40(80)61-19-39(79)62-22-43(83)67-32(53(94)95)16-37(56)77)65-41(81)23-63-45(86)30(15-27-8-10-28(76)11-9-27)68-47(88)33(24-74)70-46(87)31(17-44(84)85)69-48(89)34(25-75)71-50(91)36-7-4-14-73(36)52(93)29(5-2-12-59-54(57)58)66-42(82)21-60-38(78)18-55/h8-11,26,29-36,74-76H,2-7,12-25,55H2,1H3,(H2,56,77)(H,60,78)(H,61,80)(H,62,79)(H,63,86)(H,64,90)(H,65,81)(H,66,82)(H,67,83)(H,68,88)(H,69,89)(H,70,87)(H,71,91)(H,84,85)(H,94,95)(H4,57,58,59)/t26-,29-,30-,31-,32-,33-,34-,35-,36-/m0/s1. The molecular weight excluding hydrogens is 1270 g/mol. The summed E-state index contributed by atoms with van der Waals surface area (Å²) in [5.74, 6) is -18.2. The number of phenols is 1. The van der Waals surface area contributed by atoms with E-state index >= 15 is 0 Å². The first-order chi connectivity index (χ1) is 44.9. The second-order valence-corrected chi connectivity index (χ2v) is 21.4. The third-order valence-corrected chi connectivity index (χ3v) is 14.1. The van der Waals surface area contributed by atoms with Gasteiger partial charge in [0.25, 0.3) is 0 Å². The van der Waals surface area contributed by atoms with E-state index in [2.05, 4.69) is 63.5 Å². The molecule has 0 saturated carbocycles. The quantitative estimate of drug-likeness (QED) is 0.0165. The van der Waals surface area contributed by atoms with Gasteiger partial charge in [0.05, 0.1) is 65.3 Å². The molecule has 0 unspecified atom stereocenters. The number of primary amides is 1. The lowest BCUT2D eigenvalue weighted by Crippen LogP contribution is -2.61. The van der Waals surface area contributed by atoms with Gasteiger partial charge in [-0.15, -0.1) is 0 Å². The molecule has 25 N–H and O–H groups in total. The van der Waals surface area contributed by atoms with Gasteiger partial charge >= 0.3 is 11.9 Å². The zero-order valence-electron chi connectivity index (χ0n) is 51.5. The molecule has 0 spiro atoms. The lowest BCUT2D eigenvalue weighted by atomic mass is 10.0. The highest BCUT2D eigenvalue weighted by molar-refractivity contribution is 6.00. The molecule has 95 heavy (non-hydrogen) atoms. The Bertz CT molecular complexity index is 3020. The molecule has 41 heteroatoms. The maximum Gasteiger partial charge on any atom is 0.326 e. The van der Waals surface area contributed by atoms with Crippen molar-refractivity contribution in [2.24, 2.45) is 27.9 Å². The highest BCUT2D eigenvalue weighted by Gasteiger charge is 2.41. The first-order valence-corrected chi connectivity index (χ1v) is 29.4. The van der Waals surface area contributed by atoms with Crippen LogP contribution in [-0.2, 0) is 87.9 Å². The number of aliphatic hydroxyl groups is 2. The van der Waals surface area contributed by atoms with Crippen LogP contribution in [0.25, 0.3) is 0 Å². The van der Waals surface area contributed by atoms with Gasteiger partial charge in [0.1, 0.15) is 60.1 Å². The van der Waals surface area contributed by atoms with E-state index in [1.165, 1.54) is 31.2 Å².